The monoisotopic (exact) mass is 291 g/mol. The number of nitrogens with zero attached hydrogens (tertiary/aromatic N) is 2. The van der Waals surface area contributed by atoms with Gasteiger partial charge >= 0.3 is 0 Å². The van der Waals surface area contributed by atoms with Crippen LogP contribution in [0.1, 0.15) is 18.5 Å². The van der Waals surface area contributed by atoms with Crippen LogP contribution in [0.5, 0.6) is 0 Å². The van der Waals surface area contributed by atoms with E-state index in [4.69, 9.17) is 0 Å². The van der Waals surface area contributed by atoms with E-state index in [0.29, 0.717) is 0 Å². The zero-order chi connectivity index (χ0) is 15.5. The lowest BCUT2D eigenvalue weighted by Crippen LogP contribution is -2.11. The lowest BCUT2D eigenvalue weighted by atomic mass is 10.1. The van der Waals surface area contributed by atoms with Crippen molar-refractivity contribution >= 4 is 22.3 Å². The summed E-state index contributed by atoms with van der Waals surface area (Å²) in [5.74, 6) is 0.994. The Bertz CT molecular complexity index is 766. The summed E-state index contributed by atoms with van der Waals surface area (Å²) < 4.78 is 0. The maximum Gasteiger partial charge on any atom is 0.135 e. The van der Waals surface area contributed by atoms with Gasteiger partial charge in [-0.1, -0.05) is 36.4 Å². The van der Waals surface area contributed by atoms with Crippen molar-refractivity contribution in [2.75, 3.05) is 24.3 Å². The number of nitrogens with one attached hydrogen (secondary N) is 1. The maximum absolute atomic E-state index is 4.48. The molecule has 3 nitrogen and oxygen atoms in total. The fourth-order valence-electron chi connectivity index (χ4n) is 2.67. The van der Waals surface area contributed by atoms with E-state index in [2.05, 4.69) is 59.7 Å². The Morgan fingerprint density at radius 2 is 1.77 bits per heavy atom. The third kappa shape index (κ3) is 2.89. The minimum absolute atomic E-state index is 0.262. The molecule has 1 atom stereocenters. The first-order valence-corrected chi connectivity index (χ1v) is 7.53. The zero-order valence-corrected chi connectivity index (χ0v) is 13.2. The van der Waals surface area contributed by atoms with Gasteiger partial charge in [-0.15, -0.1) is 0 Å². The highest BCUT2D eigenvalue weighted by molar-refractivity contribution is 5.94. The summed E-state index contributed by atoms with van der Waals surface area (Å²) in [5.41, 5.74) is 2.39. The number of rotatable bonds is 4. The summed E-state index contributed by atoms with van der Waals surface area (Å²) in [7, 11) is 4.04. The molecule has 0 aliphatic heterocycles. The molecule has 0 aliphatic rings. The first-order chi connectivity index (χ1) is 10.6. The van der Waals surface area contributed by atoms with Crippen molar-refractivity contribution in [1.29, 1.82) is 0 Å². The van der Waals surface area contributed by atoms with Crippen molar-refractivity contribution < 1.29 is 0 Å². The van der Waals surface area contributed by atoms with Crippen LogP contribution in [0.4, 0.5) is 11.5 Å². The second-order valence-corrected chi connectivity index (χ2v) is 5.74. The van der Waals surface area contributed by atoms with Crippen LogP contribution in [-0.2, 0) is 0 Å². The van der Waals surface area contributed by atoms with E-state index in [0.717, 1.165) is 16.9 Å². The summed E-state index contributed by atoms with van der Waals surface area (Å²) in [6, 6.07) is 19.2. The summed E-state index contributed by atoms with van der Waals surface area (Å²) in [6.07, 6.45) is 1.86. The molecule has 0 saturated heterocycles. The molecule has 1 aromatic heterocycles. The molecule has 0 radical (unpaired) electrons. The molecule has 0 aliphatic carbocycles. The Morgan fingerprint density at radius 1 is 1.00 bits per heavy atom. The molecule has 1 unspecified atom stereocenters. The summed E-state index contributed by atoms with van der Waals surface area (Å²) >= 11 is 0. The highest BCUT2D eigenvalue weighted by Crippen LogP contribution is 2.28. The molecule has 3 aromatic rings. The molecule has 1 N–H and O–H groups in total. The first-order valence-electron chi connectivity index (χ1n) is 7.53. The Hall–Kier alpha value is -2.55. The predicted octanol–water partition coefficient (Wildman–Crippen LogP) is 4.47. The van der Waals surface area contributed by atoms with E-state index in [1.165, 1.54) is 10.9 Å². The zero-order valence-electron chi connectivity index (χ0n) is 13.2. The van der Waals surface area contributed by atoms with Gasteiger partial charge in [-0.05, 0) is 36.1 Å². The van der Waals surface area contributed by atoms with Gasteiger partial charge in [0.1, 0.15) is 5.82 Å². The van der Waals surface area contributed by atoms with Gasteiger partial charge in [0.2, 0.25) is 0 Å². The molecular formula is C19H21N3. The average Bonchev–Trinajstić information content (AvgIpc) is 2.55. The van der Waals surface area contributed by atoms with E-state index >= 15 is 0 Å². The summed E-state index contributed by atoms with van der Waals surface area (Å²) in [6.45, 7) is 2.18. The Kier molecular flexibility index (Phi) is 3.96. The lowest BCUT2D eigenvalue weighted by Gasteiger charge is -2.18. The highest BCUT2D eigenvalue weighted by atomic mass is 15.1. The molecule has 2 aromatic carbocycles. The van der Waals surface area contributed by atoms with E-state index in [9.17, 15) is 0 Å². The maximum atomic E-state index is 4.48. The second kappa shape index (κ2) is 6.06. The molecule has 0 spiro atoms. The molecule has 1 heterocycles. The largest absolute Gasteiger partial charge is 0.379 e. The fourth-order valence-corrected chi connectivity index (χ4v) is 2.67. The number of aromatic nitrogens is 1. The topological polar surface area (TPSA) is 28.2 Å². The molecule has 0 bridgehead atoms. The third-order valence-electron chi connectivity index (χ3n) is 3.85. The van der Waals surface area contributed by atoms with Gasteiger partial charge in [0, 0.05) is 37.4 Å². The summed E-state index contributed by atoms with van der Waals surface area (Å²) in [4.78, 5) is 6.53. The van der Waals surface area contributed by atoms with Crippen molar-refractivity contribution in [3.63, 3.8) is 0 Å². The Morgan fingerprint density at radius 3 is 2.50 bits per heavy atom. The van der Waals surface area contributed by atoms with Gasteiger partial charge in [-0.25, -0.2) is 4.98 Å². The van der Waals surface area contributed by atoms with Crippen LogP contribution in [-0.4, -0.2) is 19.1 Å². The van der Waals surface area contributed by atoms with Crippen molar-refractivity contribution in [3.8, 4) is 0 Å². The molecular weight excluding hydrogens is 270 g/mol. The smallest absolute Gasteiger partial charge is 0.135 e. The first kappa shape index (κ1) is 14.4. The lowest BCUT2D eigenvalue weighted by molar-refractivity contribution is 0.885. The molecule has 22 heavy (non-hydrogen) atoms. The number of anilines is 2. The van der Waals surface area contributed by atoms with Crippen molar-refractivity contribution in [3.05, 3.63) is 66.4 Å². The van der Waals surface area contributed by atoms with Gasteiger partial charge in [0.05, 0.1) is 0 Å². The highest BCUT2D eigenvalue weighted by Gasteiger charge is 2.08. The van der Waals surface area contributed by atoms with Gasteiger partial charge in [0.25, 0.3) is 0 Å². The molecule has 3 rings (SSSR count). The molecule has 0 amide bonds. The van der Waals surface area contributed by atoms with Crippen LogP contribution in [0, 0.1) is 0 Å². The van der Waals surface area contributed by atoms with Crippen LogP contribution in [0.15, 0.2) is 60.8 Å². The minimum atomic E-state index is 0.262. The standard InChI is InChI=1S/C19H21N3/c1-14(15-7-5-4-6-8-15)21-17-10-9-16-11-12-20-19(22(2)3)18(16)13-17/h4-14,21H,1-3H3. The third-order valence-corrected chi connectivity index (χ3v) is 3.85. The van der Waals surface area contributed by atoms with E-state index in [1.54, 1.807) is 0 Å². The van der Waals surface area contributed by atoms with Crippen LogP contribution in [0.2, 0.25) is 0 Å². The summed E-state index contributed by atoms with van der Waals surface area (Å²) in [5, 5.41) is 5.94. The molecule has 0 fully saturated rings. The second-order valence-electron chi connectivity index (χ2n) is 5.74. The quantitative estimate of drug-likeness (QED) is 0.768. The Labute approximate surface area is 131 Å². The van der Waals surface area contributed by atoms with Crippen LogP contribution in [0.3, 0.4) is 0 Å². The number of fused-ring (bicyclic) bond motifs is 1. The fraction of sp³-hybridized carbons (Fsp3) is 0.211. The molecule has 0 saturated carbocycles. The van der Waals surface area contributed by atoms with E-state index < -0.39 is 0 Å². The SMILES string of the molecule is CC(Nc1ccc2ccnc(N(C)C)c2c1)c1ccccc1. The molecule has 112 valence electrons. The molecule has 3 heteroatoms. The van der Waals surface area contributed by atoms with E-state index in [-0.39, 0.29) is 6.04 Å². The van der Waals surface area contributed by atoms with Crippen LogP contribution >= 0.6 is 0 Å². The normalized spacial score (nSPS) is 12.1. The van der Waals surface area contributed by atoms with Crippen LogP contribution < -0.4 is 10.2 Å². The number of hydrogen-bond donors (Lipinski definition) is 1. The van der Waals surface area contributed by atoms with Crippen molar-refractivity contribution in [2.24, 2.45) is 0 Å². The van der Waals surface area contributed by atoms with Gasteiger partial charge < -0.3 is 10.2 Å². The number of hydrogen-bond acceptors (Lipinski definition) is 3. The van der Waals surface area contributed by atoms with Crippen molar-refractivity contribution in [1.82, 2.24) is 4.98 Å². The van der Waals surface area contributed by atoms with Gasteiger partial charge in [0.15, 0.2) is 0 Å². The average molecular weight is 291 g/mol. The van der Waals surface area contributed by atoms with Crippen molar-refractivity contribution in [2.45, 2.75) is 13.0 Å². The van der Waals surface area contributed by atoms with E-state index in [1.807, 2.05) is 37.3 Å². The Balaban J connectivity index is 1.93. The minimum Gasteiger partial charge on any atom is -0.379 e. The number of benzene rings is 2. The predicted molar refractivity (Wildman–Crippen MR) is 94.5 cm³/mol. The van der Waals surface area contributed by atoms with Gasteiger partial charge in [-0.2, -0.15) is 0 Å². The van der Waals surface area contributed by atoms with Crippen LogP contribution in [0.25, 0.3) is 10.8 Å². The number of pyridine rings is 1. The van der Waals surface area contributed by atoms with Gasteiger partial charge in [-0.3, -0.25) is 0 Å².